The number of carbonyl (C=O) groups excluding carboxylic acids is 1. The number of nitriles is 1. The summed E-state index contributed by atoms with van der Waals surface area (Å²) in [6.07, 6.45) is 2.91. The van der Waals surface area contributed by atoms with Crippen LogP contribution in [0.1, 0.15) is 15.9 Å². The minimum Gasteiger partial charge on any atom is -0.465 e. The second-order valence-electron chi connectivity index (χ2n) is 2.69. The minimum absolute atomic E-state index is 0.291. The molecule has 15 heavy (non-hydrogen) atoms. The lowest BCUT2D eigenvalue weighted by molar-refractivity contribution is 0.0601. The van der Waals surface area contributed by atoms with Gasteiger partial charge in [-0.05, 0) is 23.8 Å². The van der Waals surface area contributed by atoms with Crippen molar-refractivity contribution in [1.29, 1.82) is 5.26 Å². The number of rotatable bonds is 2. The fourth-order valence-electron chi connectivity index (χ4n) is 1.05. The molecule has 1 aromatic rings. The third-order valence-electron chi connectivity index (χ3n) is 1.75. The Kier molecular flexibility index (Phi) is 3.90. The molecule has 0 radical (unpaired) electrons. The summed E-state index contributed by atoms with van der Waals surface area (Å²) < 4.78 is 4.56. The SMILES string of the molecule is COC(=O)c1cc(C=CC#N)ccc1Cl. The fourth-order valence-corrected chi connectivity index (χ4v) is 1.24. The molecule has 0 atom stereocenters. The monoisotopic (exact) mass is 221 g/mol. The van der Waals surface area contributed by atoms with Crippen LogP contribution in [-0.2, 0) is 4.74 Å². The van der Waals surface area contributed by atoms with E-state index in [-0.39, 0.29) is 0 Å². The number of hydrogen-bond acceptors (Lipinski definition) is 3. The van der Waals surface area contributed by atoms with Gasteiger partial charge in [0.1, 0.15) is 0 Å². The van der Waals surface area contributed by atoms with Crippen molar-refractivity contribution < 1.29 is 9.53 Å². The molecule has 0 N–H and O–H groups in total. The van der Waals surface area contributed by atoms with E-state index < -0.39 is 5.97 Å². The Morgan fingerprint density at radius 1 is 1.60 bits per heavy atom. The lowest BCUT2D eigenvalue weighted by Gasteiger charge is -2.02. The summed E-state index contributed by atoms with van der Waals surface area (Å²) in [4.78, 5) is 11.3. The highest BCUT2D eigenvalue weighted by Gasteiger charge is 2.10. The molecule has 0 saturated heterocycles. The molecule has 0 heterocycles. The molecule has 4 heteroatoms. The van der Waals surface area contributed by atoms with E-state index in [2.05, 4.69) is 4.74 Å². The van der Waals surface area contributed by atoms with Crippen molar-refractivity contribution in [2.24, 2.45) is 0 Å². The van der Waals surface area contributed by atoms with Crippen molar-refractivity contribution in [3.05, 3.63) is 40.4 Å². The first-order valence-corrected chi connectivity index (χ1v) is 4.51. The smallest absolute Gasteiger partial charge is 0.339 e. The molecule has 0 bridgehead atoms. The van der Waals surface area contributed by atoms with Crippen molar-refractivity contribution in [1.82, 2.24) is 0 Å². The fraction of sp³-hybridized carbons (Fsp3) is 0.0909. The molecule has 0 aliphatic rings. The maximum Gasteiger partial charge on any atom is 0.339 e. The number of hydrogen-bond donors (Lipinski definition) is 0. The highest BCUT2D eigenvalue weighted by Crippen LogP contribution is 2.19. The van der Waals surface area contributed by atoms with Gasteiger partial charge in [-0.1, -0.05) is 17.7 Å². The van der Waals surface area contributed by atoms with Gasteiger partial charge in [-0.25, -0.2) is 4.79 Å². The van der Waals surface area contributed by atoms with E-state index >= 15 is 0 Å². The minimum atomic E-state index is -0.493. The maximum absolute atomic E-state index is 11.3. The van der Waals surface area contributed by atoms with Gasteiger partial charge in [0.2, 0.25) is 0 Å². The van der Waals surface area contributed by atoms with Crippen LogP contribution in [0.5, 0.6) is 0 Å². The van der Waals surface area contributed by atoms with Crippen molar-refractivity contribution >= 4 is 23.6 Å². The third-order valence-corrected chi connectivity index (χ3v) is 2.08. The summed E-state index contributed by atoms with van der Waals surface area (Å²) in [6.45, 7) is 0. The molecule has 76 valence electrons. The molecule has 1 aromatic carbocycles. The summed E-state index contributed by atoms with van der Waals surface area (Å²) in [5, 5.41) is 8.68. The van der Waals surface area contributed by atoms with Crippen molar-refractivity contribution in [3.8, 4) is 6.07 Å². The second kappa shape index (κ2) is 5.18. The zero-order valence-corrected chi connectivity index (χ0v) is 8.78. The molecule has 0 aromatic heterocycles. The van der Waals surface area contributed by atoms with Crippen LogP contribution in [-0.4, -0.2) is 13.1 Å². The lowest BCUT2D eigenvalue weighted by atomic mass is 10.1. The van der Waals surface area contributed by atoms with E-state index in [1.165, 1.54) is 13.2 Å². The predicted molar refractivity (Wildman–Crippen MR) is 57.4 cm³/mol. The van der Waals surface area contributed by atoms with E-state index in [4.69, 9.17) is 16.9 Å². The van der Waals surface area contributed by atoms with E-state index in [1.807, 2.05) is 6.07 Å². The Hall–Kier alpha value is -1.79. The first-order chi connectivity index (χ1) is 7.19. The number of nitrogens with zero attached hydrogens (tertiary/aromatic N) is 1. The first kappa shape index (κ1) is 11.3. The van der Waals surface area contributed by atoms with Crippen LogP contribution in [0.3, 0.4) is 0 Å². The molecule has 0 aliphatic carbocycles. The topological polar surface area (TPSA) is 50.1 Å². The number of esters is 1. The quantitative estimate of drug-likeness (QED) is 0.570. The Labute approximate surface area is 92.5 Å². The molecule has 0 unspecified atom stereocenters. The highest BCUT2D eigenvalue weighted by atomic mass is 35.5. The zero-order chi connectivity index (χ0) is 11.3. The van der Waals surface area contributed by atoms with E-state index in [1.54, 1.807) is 24.3 Å². The second-order valence-corrected chi connectivity index (χ2v) is 3.10. The molecule has 3 nitrogen and oxygen atoms in total. The first-order valence-electron chi connectivity index (χ1n) is 4.13. The molecule has 1 rings (SSSR count). The van der Waals surface area contributed by atoms with Gasteiger partial charge in [0.05, 0.1) is 23.8 Å². The Morgan fingerprint density at radius 3 is 2.93 bits per heavy atom. The number of benzene rings is 1. The summed E-state index contributed by atoms with van der Waals surface area (Å²) in [6, 6.07) is 6.73. The van der Waals surface area contributed by atoms with E-state index in [0.29, 0.717) is 10.6 Å². The largest absolute Gasteiger partial charge is 0.465 e. The number of ether oxygens (including phenoxy) is 1. The zero-order valence-electron chi connectivity index (χ0n) is 8.03. The average molecular weight is 222 g/mol. The van der Waals surface area contributed by atoms with Gasteiger partial charge >= 0.3 is 5.97 Å². The number of methoxy groups -OCH3 is 1. The van der Waals surface area contributed by atoms with Gasteiger partial charge in [0.15, 0.2) is 0 Å². The van der Waals surface area contributed by atoms with Gasteiger partial charge in [0, 0.05) is 6.08 Å². The summed E-state index contributed by atoms with van der Waals surface area (Å²) in [5.41, 5.74) is 1.01. The predicted octanol–water partition coefficient (Wildman–Crippen LogP) is 2.66. The summed E-state index contributed by atoms with van der Waals surface area (Å²) in [7, 11) is 1.29. The molecule has 0 amide bonds. The summed E-state index contributed by atoms with van der Waals surface area (Å²) >= 11 is 5.81. The molecule has 0 fully saturated rings. The van der Waals surface area contributed by atoms with Crippen LogP contribution in [0, 0.1) is 11.3 Å². The van der Waals surface area contributed by atoms with Crippen LogP contribution in [0.2, 0.25) is 5.02 Å². The maximum atomic E-state index is 11.3. The highest BCUT2D eigenvalue weighted by molar-refractivity contribution is 6.33. The normalized spacial score (nSPS) is 9.93. The Balaban J connectivity index is 3.12. The van der Waals surface area contributed by atoms with Crippen LogP contribution in [0.15, 0.2) is 24.3 Å². The lowest BCUT2D eigenvalue weighted by Crippen LogP contribution is -2.02. The molecule has 0 spiro atoms. The molecule has 0 aliphatic heterocycles. The Morgan fingerprint density at radius 2 is 2.33 bits per heavy atom. The van der Waals surface area contributed by atoms with Crippen LogP contribution in [0.25, 0.3) is 6.08 Å². The van der Waals surface area contributed by atoms with Gasteiger partial charge < -0.3 is 4.74 Å². The molecule has 0 saturated carbocycles. The van der Waals surface area contributed by atoms with E-state index in [0.717, 1.165) is 5.56 Å². The molecular weight excluding hydrogens is 214 g/mol. The van der Waals surface area contributed by atoms with Crippen molar-refractivity contribution in [2.75, 3.05) is 7.11 Å². The van der Waals surface area contributed by atoms with Crippen molar-refractivity contribution in [2.45, 2.75) is 0 Å². The number of halogens is 1. The molecular formula is C11H8ClNO2. The van der Waals surface area contributed by atoms with Crippen LogP contribution >= 0.6 is 11.6 Å². The van der Waals surface area contributed by atoms with Gasteiger partial charge in [-0.15, -0.1) is 0 Å². The van der Waals surface area contributed by atoms with Gasteiger partial charge in [-0.2, -0.15) is 5.26 Å². The van der Waals surface area contributed by atoms with Crippen molar-refractivity contribution in [3.63, 3.8) is 0 Å². The van der Waals surface area contributed by atoms with E-state index in [9.17, 15) is 4.79 Å². The third kappa shape index (κ3) is 2.83. The summed E-state index contributed by atoms with van der Waals surface area (Å²) in [5.74, 6) is -0.493. The average Bonchev–Trinajstić information content (AvgIpc) is 2.27. The Bertz CT molecular complexity index is 446. The van der Waals surface area contributed by atoms with Crippen LogP contribution in [0.4, 0.5) is 0 Å². The van der Waals surface area contributed by atoms with Crippen LogP contribution < -0.4 is 0 Å². The number of carbonyl (C=O) groups is 1. The van der Waals surface area contributed by atoms with Gasteiger partial charge in [0.25, 0.3) is 0 Å². The van der Waals surface area contributed by atoms with Gasteiger partial charge in [-0.3, -0.25) is 0 Å². The number of allylic oxidation sites excluding steroid dienone is 1. The standard InChI is InChI=1S/C11H8ClNO2/c1-15-11(14)9-7-8(3-2-6-13)4-5-10(9)12/h2-5,7H,1H3.